The fourth-order valence-corrected chi connectivity index (χ4v) is 5.22. The Balaban J connectivity index is 1.79. The predicted molar refractivity (Wildman–Crippen MR) is 113 cm³/mol. The Hall–Kier alpha value is -1.95. The quantitative estimate of drug-likeness (QED) is 0.465. The maximum atomic E-state index is 12.9. The van der Waals surface area contributed by atoms with Crippen LogP contribution in [0, 0.1) is 0 Å². The summed E-state index contributed by atoms with van der Waals surface area (Å²) in [7, 11) is -3.44. The molecule has 27 heavy (non-hydrogen) atoms. The minimum Gasteiger partial charge on any atom is -0.293 e. The summed E-state index contributed by atoms with van der Waals surface area (Å²) in [6.07, 6.45) is 0. The van der Waals surface area contributed by atoms with Gasteiger partial charge >= 0.3 is 0 Å². The van der Waals surface area contributed by atoms with Crippen LogP contribution in [0.5, 0.6) is 0 Å². The average Bonchev–Trinajstić information content (AvgIpc) is 2.70. The molecule has 5 heteroatoms. The van der Waals surface area contributed by atoms with Crippen LogP contribution in [-0.2, 0) is 22.9 Å². The molecular weight excluding hydrogens is 422 g/mol. The van der Waals surface area contributed by atoms with Crippen molar-refractivity contribution in [1.82, 2.24) is 4.90 Å². The van der Waals surface area contributed by atoms with Crippen molar-refractivity contribution < 1.29 is 8.42 Å². The Kier molecular flexibility index (Phi) is 6.83. The third-order valence-electron chi connectivity index (χ3n) is 4.31. The van der Waals surface area contributed by atoms with Crippen molar-refractivity contribution in [2.45, 2.75) is 22.1 Å². The van der Waals surface area contributed by atoms with E-state index in [1.807, 2.05) is 42.5 Å². The molecule has 0 amide bonds. The number of nitrogens with zero attached hydrogens (tertiary/aromatic N) is 1. The molecule has 1 atom stereocenters. The highest BCUT2D eigenvalue weighted by Crippen LogP contribution is 2.22. The van der Waals surface area contributed by atoms with Crippen LogP contribution >= 0.6 is 15.9 Å². The van der Waals surface area contributed by atoms with Crippen molar-refractivity contribution in [3.8, 4) is 0 Å². The van der Waals surface area contributed by atoms with Gasteiger partial charge in [0.25, 0.3) is 0 Å². The molecule has 0 aliphatic heterocycles. The fourth-order valence-electron chi connectivity index (χ4n) is 2.93. The van der Waals surface area contributed by atoms with E-state index >= 15 is 0 Å². The van der Waals surface area contributed by atoms with E-state index in [0.717, 1.165) is 11.1 Å². The van der Waals surface area contributed by atoms with E-state index in [0.29, 0.717) is 24.5 Å². The fraction of sp³-hybridized carbons (Fsp3) is 0.182. The van der Waals surface area contributed by atoms with Gasteiger partial charge in [-0.2, -0.15) is 0 Å². The molecule has 1 unspecified atom stereocenters. The van der Waals surface area contributed by atoms with Gasteiger partial charge in [-0.25, -0.2) is 8.42 Å². The first-order chi connectivity index (χ1) is 13.1. The molecule has 0 bridgehead atoms. The molecule has 140 valence electrons. The molecule has 0 saturated carbocycles. The Bertz CT molecular complexity index is 890. The van der Waals surface area contributed by atoms with Crippen molar-refractivity contribution >= 4 is 25.8 Å². The normalized spacial score (nSPS) is 12.8. The second-order valence-corrected chi connectivity index (χ2v) is 10.3. The van der Waals surface area contributed by atoms with Gasteiger partial charge in [0, 0.05) is 19.6 Å². The van der Waals surface area contributed by atoms with Gasteiger partial charge in [-0.15, -0.1) is 0 Å². The lowest BCUT2D eigenvalue weighted by atomic mass is 10.1. The number of rotatable bonds is 8. The number of sulfone groups is 1. The molecule has 0 N–H and O–H groups in total. The highest BCUT2D eigenvalue weighted by atomic mass is 79.9. The zero-order valence-corrected chi connectivity index (χ0v) is 17.3. The number of hydrogen-bond donors (Lipinski definition) is 0. The van der Waals surface area contributed by atoms with Crippen LogP contribution in [0.3, 0.4) is 0 Å². The van der Waals surface area contributed by atoms with Gasteiger partial charge in [-0.1, -0.05) is 94.8 Å². The zero-order valence-electron chi connectivity index (χ0n) is 14.9. The van der Waals surface area contributed by atoms with Gasteiger partial charge in [-0.3, -0.25) is 4.90 Å². The first-order valence-corrected chi connectivity index (χ1v) is 11.2. The molecule has 0 fully saturated rings. The third-order valence-corrected chi connectivity index (χ3v) is 7.83. The van der Waals surface area contributed by atoms with Gasteiger partial charge in [0.1, 0.15) is 4.16 Å². The molecule has 0 aliphatic carbocycles. The number of hydrogen-bond acceptors (Lipinski definition) is 3. The smallest absolute Gasteiger partial charge is 0.192 e. The summed E-state index contributed by atoms with van der Waals surface area (Å²) >= 11 is 3.43. The van der Waals surface area contributed by atoms with Crippen molar-refractivity contribution in [2.75, 3.05) is 6.54 Å². The predicted octanol–water partition coefficient (Wildman–Crippen LogP) is 4.88. The molecule has 0 aromatic heterocycles. The van der Waals surface area contributed by atoms with Crippen molar-refractivity contribution in [1.29, 1.82) is 0 Å². The van der Waals surface area contributed by atoms with Crippen molar-refractivity contribution in [3.63, 3.8) is 0 Å². The number of benzene rings is 3. The Morgan fingerprint density at radius 3 is 1.56 bits per heavy atom. The topological polar surface area (TPSA) is 37.4 Å². The Labute approximate surface area is 169 Å². The van der Waals surface area contributed by atoms with E-state index in [1.165, 1.54) is 0 Å². The highest BCUT2D eigenvalue weighted by molar-refractivity contribution is 9.11. The summed E-state index contributed by atoms with van der Waals surface area (Å²) in [5.74, 6) is 0. The lowest BCUT2D eigenvalue weighted by molar-refractivity contribution is 0.269. The SMILES string of the molecule is O=S(=O)(c1ccccc1)C(Br)CN(Cc1ccccc1)Cc1ccccc1. The Morgan fingerprint density at radius 1 is 0.704 bits per heavy atom. The maximum Gasteiger partial charge on any atom is 0.192 e. The second kappa shape index (κ2) is 9.31. The minimum absolute atomic E-state index is 0.339. The summed E-state index contributed by atoms with van der Waals surface area (Å²) < 4.78 is 25.1. The summed E-state index contributed by atoms with van der Waals surface area (Å²) in [6, 6.07) is 28.8. The lowest BCUT2D eigenvalue weighted by Crippen LogP contribution is -2.33. The third kappa shape index (κ3) is 5.51. The van der Waals surface area contributed by atoms with Gasteiger partial charge in [0.05, 0.1) is 4.90 Å². The maximum absolute atomic E-state index is 12.9. The first-order valence-electron chi connectivity index (χ1n) is 8.79. The van der Waals surface area contributed by atoms with Crippen LogP contribution in [0.25, 0.3) is 0 Å². The van der Waals surface area contributed by atoms with Crippen molar-refractivity contribution in [3.05, 3.63) is 102 Å². The van der Waals surface area contributed by atoms with E-state index in [4.69, 9.17) is 0 Å². The van der Waals surface area contributed by atoms with E-state index in [1.54, 1.807) is 24.3 Å². The molecule has 0 saturated heterocycles. The van der Waals surface area contributed by atoms with Crippen LogP contribution in [0.15, 0.2) is 95.9 Å². The number of halogens is 1. The zero-order chi connectivity index (χ0) is 19.1. The van der Waals surface area contributed by atoms with Gasteiger partial charge in [0.2, 0.25) is 0 Å². The first kappa shape index (κ1) is 19.8. The molecule has 3 rings (SSSR count). The lowest BCUT2D eigenvalue weighted by Gasteiger charge is -2.25. The van der Waals surface area contributed by atoms with Crippen LogP contribution in [-0.4, -0.2) is 24.0 Å². The standard InChI is InChI=1S/C22H22BrNO2S/c23-22(27(25,26)21-14-8-3-9-15-21)18-24(16-19-10-4-1-5-11-19)17-20-12-6-2-7-13-20/h1-15,22H,16-18H2. The van der Waals surface area contributed by atoms with Crippen LogP contribution in [0.1, 0.15) is 11.1 Å². The monoisotopic (exact) mass is 443 g/mol. The van der Waals surface area contributed by atoms with Crippen molar-refractivity contribution in [2.24, 2.45) is 0 Å². The molecule has 0 aliphatic rings. The summed E-state index contributed by atoms with van der Waals surface area (Å²) in [4.78, 5) is 2.50. The molecule has 3 aromatic rings. The van der Waals surface area contributed by atoms with Gasteiger partial charge in [0.15, 0.2) is 9.84 Å². The molecule has 3 nitrogen and oxygen atoms in total. The van der Waals surface area contributed by atoms with Gasteiger partial charge < -0.3 is 0 Å². The van der Waals surface area contributed by atoms with E-state index in [9.17, 15) is 8.42 Å². The summed E-state index contributed by atoms with van der Waals surface area (Å²) in [6.45, 7) is 1.76. The van der Waals surface area contributed by atoms with E-state index in [-0.39, 0.29) is 0 Å². The van der Waals surface area contributed by atoms with E-state index in [2.05, 4.69) is 45.1 Å². The van der Waals surface area contributed by atoms with E-state index < -0.39 is 14.0 Å². The molecular formula is C22H22BrNO2S. The number of alkyl halides is 1. The summed E-state index contributed by atoms with van der Waals surface area (Å²) in [5.41, 5.74) is 2.32. The molecule has 0 radical (unpaired) electrons. The Morgan fingerprint density at radius 2 is 1.11 bits per heavy atom. The van der Waals surface area contributed by atoms with Crippen LogP contribution in [0.2, 0.25) is 0 Å². The summed E-state index contributed by atoms with van der Waals surface area (Å²) in [5, 5.41) is 0. The molecule has 0 heterocycles. The molecule has 3 aromatic carbocycles. The largest absolute Gasteiger partial charge is 0.293 e. The molecule has 0 spiro atoms. The highest BCUT2D eigenvalue weighted by Gasteiger charge is 2.27. The van der Waals surface area contributed by atoms with Crippen LogP contribution in [0.4, 0.5) is 0 Å². The van der Waals surface area contributed by atoms with Crippen LogP contribution < -0.4 is 0 Å². The minimum atomic E-state index is -3.44. The average molecular weight is 444 g/mol. The second-order valence-electron chi connectivity index (χ2n) is 6.41. The van der Waals surface area contributed by atoms with Gasteiger partial charge in [-0.05, 0) is 23.3 Å².